The molecule has 1 N–H and O–H groups in total. The van der Waals surface area contributed by atoms with Gasteiger partial charge in [0.05, 0.1) is 6.10 Å². The number of fused-ring (bicyclic) bond motifs is 5. The van der Waals surface area contributed by atoms with Crippen LogP contribution in [0.1, 0.15) is 19.3 Å². The van der Waals surface area contributed by atoms with Gasteiger partial charge in [0, 0.05) is 0 Å². The van der Waals surface area contributed by atoms with Crippen molar-refractivity contribution in [2.24, 2.45) is 23.7 Å². The van der Waals surface area contributed by atoms with E-state index in [1.165, 1.54) is 12.8 Å². The van der Waals surface area contributed by atoms with Crippen molar-refractivity contribution in [2.45, 2.75) is 25.4 Å². The van der Waals surface area contributed by atoms with Crippen LogP contribution in [-0.4, -0.2) is 11.2 Å². The molecule has 0 aromatic rings. The van der Waals surface area contributed by atoms with Gasteiger partial charge < -0.3 is 5.11 Å². The second-order valence-corrected chi connectivity index (χ2v) is 4.37. The molecule has 0 aromatic heterocycles. The first kappa shape index (κ1) is 6.24. The summed E-state index contributed by atoms with van der Waals surface area (Å²) in [7, 11) is 0. The van der Waals surface area contributed by atoms with Gasteiger partial charge in [-0.05, 0) is 42.9 Å². The Kier molecular flexibility index (Phi) is 1.07. The van der Waals surface area contributed by atoms with Gasteiger partial charge in [-0.1, -0.05) is 12.2 Å². The van der Waals surface area contributed by atoms with E-state index in [4.69, 9.17) is 0 Å². The van der Waals surface area contributed by atoms with Crippen molar-refractivity contribution >= 4 is 0 Å². The average molecular weight is 150 g/mol. The molecule has 3 rings (SSSR count). The fourth-order valence-corrected chi connectivity index (χ4v) is 3.51. The molecule has 0 aliphatic heterocycles. The molecule has 0 amide bonds. The summed E-state index contributed by atoms with van der Waals surface area (Å²) in [5.41, 5.74) is 0. The molecule has 11 heavy (non-hydrogen) atoms. The maximum absolute atomic E-state index is 9.63. The molecule has 0 heterocycles. The zero-order chi connectivity index (χ0) is 7.42. The highest BCUT2D eigenvalue weighted by atomic mass is 16.3. The van der Waals surface area contributed by atoms with Gasteiger partial charge in [-0.3, -0.25) is 0 Å². The summed E-state index contributed by atoms with van der Waals surface area (Å²) < 4.78 is 0. The molecule has 0 unspecified atom stereocenters. The first-order valence-electron chi connectivity index (χ1n) is 4.71. The highest BCUT2D eigenvalue weighted by Gasteiger charge is 2.51. The maximum atomic E-state index is 9.63. The van der Waals surface area contributed by atoms with Crippen LogP contribution < -0.4 is 0 Å². The third-order valence-corrected chi connectivity index (χ3v) is 3.97. The number of allylic oxidation sites excluding steroid dienone is 2. The lowest BCUT2D eigenvalue weighted by Gasteiger charge is -2.27. The number of hydrogen-bond acceptors (Lipinski definition) is 1. The number of rotatable bonds is 0. The highest BCUT2D eigenvalue weighted by Crippen LogP contribution is 2.56. The molecule has 0 aromatic carbocycles. The molecular weight excluding hydrogens is 136 g/mol. The fourth-order valence-electron chi connectivity index (χ4n) is 3.51. The molecule has 0 spiro atoms. The number of aliphatic hydroxyl groups is 1. The van der Waals surface area contributed by atoms with Gasteiger partial charge in [-0.15, -0.1) is 0 Å². The molecule has 1 nitrogen and oxygen atoms in total. The van der Waals surface area contributed by atoms with Crippen LogP contribution in [0.25, 0.3) is 0 Å². The Morgan fingerprint density at radius 3 is 3.00 bits per heavy atom. The van der Waals surface area contributed by atoms with E-state index < -0.39 is 0 Å². The minimum absolute atomic E-state index is 0.0315. The van der Waals surface area contributed by atoms with Crippen molar-refractivity contribution < 1.29 is 5.11 Å². The summed E-state index contributed by atoms with van der Waals surface area (Å²) in [6.07, 6.45) is 8.38. The first-order chi connectivity index (χ1) is 5.36. The zero-order valence-electron chi connectivity index (χ0n) is 6.61. The summed E-state index contributed by atoms with van der Waals surface area (Å²) in [5, 5.41) is 9.63. The highest BCUT2D eigenvalue weighted by molar-refractivity contribution is 5.14. The van der Waals surface area contributed by atoms with Gasteiger partial charge in [0.1, 0.15) is 0 Å². The minimum atomic E-state index is 0.0315. The zero-order valence-corrected chi connectivity index (χ0v) is 6.61. The first-order valence-corrected chi connectivity index (χ1v) is 4.71. The smallest absolute Gasteiger partial charge is 0.0577 e. The van der Waals surface area contributed by atoms with Gasteiger partial charge in [0.15, 0.2) is 0 Å². The van der Waals surface area contributed by atoms with E-state index in [2.05, 4.69) is 12.2 Å². The van der Waals surface area contributed by atoms with E-state index in [1.54, 1.807) is 0 Å². The standard InChI is InChI=1S/C10H14O/c11-10-5-6-4-9(10)8-3-1-2-7(6)8/h1,3,6-11H,2,4-5H2/t6-,7-,8+,9+,10-/m1/s1. The Morgan fingerprint density at radius 2 is 2.09 bits per heavy atom. The summed E-state index contributed by atoms with van der Waals surface area (Å²) in [6, 6.07) is 0. The van der Waals surface area contributed by atoms with Crippen LogP contribution in [0.5, 0.6) is 0 Å². The summed E-state index contributed by atoms with van der Waals surface area (Å²) in [6.45, 7) is 0. The van der Waals surface area contributed by atoms with Crippen LogP contribution in [0.3, 0.4) is 0 Å². The fraction of sp³-hybridized carbons (Fsp3) is 0.800. The second-order valence-electron chi connectivity index (χ2n) is 4.37. The Hall–Kier alpha value is -0.300. The summed E-state index contributed by atoms with van der Waals surface area (Å²) in [4.78, 5) is 0. The Bertz CT molecular complexity index is 209. The van der Waals surface area contributed by atoms with Crippen molar-refractivity contribution in [3.05, 3.63) is 12.2 Å². The van der Waals surface area contributed by atoms with E-state index >= 15 is 0 Å². The third-order valence-electron chi connectivity index (χ3n) is 3.97. The van der Waals surface area contributed by atoms with Gasteiger partial charge in [-0.2, -0.15) is 0 Å². The van der Waals surface area contributed by atoms with Crippen LogP contribution in [0.2, 0.25) is 0 Å². The van der Waals surface area contributed by atoms with Crippen molar-refractivity contribution in [3.63, 3.8) is 0 Å². The Morgan fingerprint density at radius 1 is 1.18 bits per heavy atom. The molecule has 0 radical (unpaired) electrons. The van der Waals surface area contributed by atoms with Crippen LogP contribution >= 0.6 is 0 Å². The number of aliphatic hydroxyl groups excluding tert-OH is 1. The summed E-state index contributed by atoms with van der Waals surface area (Å²) in [5.74, 6) is 3.16. The topological polar surface area (TPSA) is 20.2 Å². The predicted molar refractivity (Wildman–Crippen MR) is 43.0 cm³/mol. The van der Waals surface area contributed by atoms with Gasteiger partial charge in [-0.25, -0.2) is 0 Å². The lowest BCUT2D eigenvalue weighted by Crippen LogP contribution is -2.27. The van der Waals surface area contributed by atoms with E-state index in [-0.39, 0.29) is 6.10 Å². The van der Waals surface area contributed by atoms with Crippen LogP contribution in [0, 0.1) is 23.7 Å². The quantitative estimate of drug-likeness (QED) is 0.520. The lowest BCUT2D eigenvalue weighted by molar-refractivity contribution is 0.0746. The van der Waals surface area contributed by atoms with E-state index in [9.17, 15) is 5.11 Å². The second kappa shape index (κ2) is 1.89. The molecule has 2 bridgehead atoms. The minimum Gasteiger partial charge on any atom is -0.393 e. The lowest BCUT2D eigenvalue weighted by atomic mass is 9.80. The molecule has 0 saturated heterocycles. The molecule has 60 valence electrons. The van der Waals surface area contributed by atoms with Crippen molar-refractivity contribution in [1.29, 1.82) is 0 Å². The Balaban J connectivity index is 1.94. The number of hydrogen-bond donors (Lipinski definition) is 1. The summed E-state index contributed by atoms with van der Waals surface area (Å²) >= 11 is 0. The molecule has 2 fully saturated rings. The molecule has 2 saturated carbocycles. The molecule has 5 atom stereocenters. The van der Waals surface area contributed by atoms with Gasteiger partial charge >= 0.3 is 0 Å². The van der Waals surface area contributed by atoms with Crippen LogP contribution in [0.15, 0.2) is 12.2 Å². The van der Waals surface area contributed by atoms with Gasteiger partial charge in [0.2, 0.25) is 0 Å². The average Bonchev–Trinajstić information content (AvgIpc) is 2.52. The predicted octanol–water partition coefficient (Wildman–Crippen LogP) is 1.58. The normalized spacial score (nSPS) is 58.8. The van der Waals surface area contributed by atoms with Crippen molar-refractivity contribution in [2.75, 3.05) is 0 Å². The molecule has 1 heteroatoms. The van der Waals surface area contributed by atoms with Crippen molar-refractivity contribution in [3.8, 4) is 0 Å². The largest absolute Gasteiger partial charge is 0.393 e. The molecule has 3 aliphatic rings. The van der Waals surface area contributed by atoms with Crippen molar-refractivity contribution in [1.82, 2.24) is 0 Å². The van der Waals surface area contributed by atoms with Gasteiger partial charge in [0.25, 0.3) is 0 Å². The third kappa shape index (κ3) is 0.652. The van der Waals surface area contributed by atoms with E-state index in [1.807, 2.05) is 0 Å². The SMILES string of the molecule is O[C@@H]1C[C@H]2C[C@H]1[C@H]1C=CC[C@H]21. The van der Waals surface area contributed by atoms with Crippen LogP contribution in [-0.2, 0) is 0 Å². The maximum Gasteiger partial charge on any atom is 0.0577 e. The van der Waals surface area contributed by atoms with E-state index in [0.717, 1.165) is 24.2 Å². The Labute approximate surface area is 67.1 Å². The monoisotopic (exact) mass is 150 g/mol. The molecular formula is C10H14O. The molecule has 3 aliphatic carbocycles. The van der Waals surface area contributed by atoms with Crippen LogP contribution in [0.4, 0.5) is 0 Å². The van der Waals surface area contributed by atoms with E-state index in [0.29, 0.717) is 5.92 Å².